The van der Waals surface area contributed by atoms with Gasteiger partial charge in [0.25, 0.3) is 0 Å². The van der Waals surface area contributed by atoms with E-state index in [9.17, 15) is 22.8 Å². The quantitative estimate of drug-likeness (QED) is 0.311. The van der Waals surface area contributed by atoms with Crippen molar-refractivity contribution >= 4 is 29.0 Å². The lowest BCUT2D eigenvalue weighted by atomic mass is 10.1. The van der Waals surface area contributed by atoms with Crippen molar-refractivity contribution in [1.29, 1.82) is 0 Å². The SMILES string of the molecule is C[C@H]1COCCN1c1nc(-c2cnc(N)cc2C(F)(F)F)nn2cc(CN3CCN(C(=O)CNC(=O)/C=C/CCN(C)C)CC3)cc12. The van der Waals surface area contributed by atoms with E-state index in [2.05, 4.69) is 25.3 Å². The lowest BCUT2D eigenvalue weighted by Crippen LogP contribution is -2.50. The molecule has 1 atom stereocenters. The highest BCUT2D eigenvalue weighted by atomic mass is 19.4. The minimum absolute atomic E-state index is 0.0604. The van der Waals surface area contributed by atoms with Crippen LogP contribution in [0.3, 0.4) is 0 Å². The van der Waals surface area contributed by atoms with Crippen LogP contribution in [0.1, 0.15) is 24.5 Å². The predicted octanol–water partition coefficient (Wildman–Crippen LogP) is 1.89. The van der Waals surface area contributed by atoms with E-state index in [1.165, 1.54) is 6.08 Å². The molecule has 47 heavy (non-hydrogen) atoms. The maximum absolute atomic E-state index is 14.0. The lowest BCUT2D eigenvalue weighted by molar-refractivity contribution is -0.137. The fourth-order valence-electron chi connectivity index (χ4n) is 5.65. The van der Waals surface area contributed by atoms with Crippen molar-refractivity contribution in [2.45, 2.75) is 32.1 Å². The normalized spacial score (nSPS) is 18.1. The van der Waals surface area contributed by atoms with Crippen LogP contribution in [0, 0.1) is 0 Å². The van der Waals surface area contributed by atoms with E-state index in [1.807, 2.05) is 36.9 Å². The Bertz CT molecular complexity index is 1600. The van der Waals surface area contributed by atoms with Crippen LogP contribution in [0.4, 0.5) is 24.8 Å². The van der Waals surface area contributed by atoms with E-state index < -0.39 is 11.7 Å². The molecule has 2 fully saturated rings. The number of hydrogen-bond donors (Lipinski definition) is 2. The van der Waals surface area contributed by atoms with Gasteiger partial charge in [-0.1, -0.05) is 6.08 Å². The number of hydrogen-bond acceptors (Lipinski definition) is 10. The summed E-state index contributed by atoms with van der Waals surface area (Å²) in [4.78, 5) is 41.3. The molecule has 2 amide bonds. The Balaban J connectivity index is 1.29. The third kappa shape index (κ3) is 8.55. The zero-order valence-electron chi connectivity index (χ0n) is 26.8. The first-order chi connectivity index (χ1) is 22.4. The molecule has 0 aliphatic carbocycles. The number of ether oxygens (including phenoxy) is 1. The molecule has 0 spiro atoms. The number of piperazine rings is 1. The molecule has 3 aromatic heterocycles. The molecule has 5 rings (SSSR count). The van der Waals surface area contributed by atoms with Crippen LogP contribution in [0.15, 0.2) is 36.7 Å². The topological polar surface area (TPSA) is 137 Å². The molecule has 13 nitrogen and oxygen atoms in total. The van der Waals surface area contributed by atoms with E-state index in [1.54, 1.807) is 21.7 Å². The van der Waals surface area contributed by atoms with Gasteiger partial charge in [-0.3, -0.25) is 14.5 Å². The first kappa shape index (κ1) is 34.1. The Kier molecular flexibility index (Phi) is 10.6. The smallest absolute Gasteiger partial charge is 0.384 e. The highest BCUT2D eigenvalue weighted by Gasteiger charge is 2.36. The monoisotopic (exact) mass is 658 g/mol. The van der Waals surface area contributed by atoms with Gasteiger partial charge in [0.1, 0.15) is 11.3 Å². The molecule has 2 aliphatic heterocycles. The summed E-state index contributed by atoms with van der Waals surface area (Å²) in [5.41, 5.74) is 5.95. The van der Waals surface area contributed by atoms with Gasteiger partial charge in [-0.05, 0) is 51.2 Å². The first-order valence-corrected chi connectivity index (χ1v) is 15.5. The van der Waals surface area contributed by atoms with E-state index in [0.717, 1.165) is 30.8 Å². The van der Waals surface area contributed by atoms with E-state index in [-0.39, 0.29) is 41.6 Å². The average molecular weight is 659 g/mol. The molecule has 5 heterocycles. The minimum atomic E-state index is -4.68. The van der Waals surface area contributed by atoms with Crippen molar-refractivity contribution < 1.29 is 27.5 Å². The maximum Gasteiger partial charge on any atom is 0.417 e. The fraction of sp³-hybridized carbons (Fsp3) is 0.516. The Morgan fingerprint density at radius 2 is 1.94 bits per heavy atom. The van der Waals surface area contributed by atoms with Crippen molar-refractivity contribution in [3.05, 3.63) is 47.8 Å². The summed E-state index contributed by atoms with van der Waals surface area (Å²) in [6, 6.07) is 2.69. The van der Waals surface area contributed by atoms with Crippen LogP contribution in [-0.2, 0) is 27.0 Å². The van der Waals surface area contributed by atoms with Crippen LogP contribution >= 0.6 is 0 Å². The lowest BCUT2D eigenvalue weighted by Gasteiger charge is -2.34. The van der Waals surface area contributed by atoms with E-state index >= 15 is 0 Å². The fourth-order valence-corrected chi connectivity index (χ4v) is 5.65. The molecule has 0 radical (unpaired) electrons. The number of pyridine rings is 1. The second-order valence-electron chi connectivity index (χ2n) is 12.1. The van der Waals surface area contributed by atoms with Gasteiger partial charge in [0.15, 0.2) is 11.6 Å². The molecule has 0 saturated carbocycles. The number of fused-ring (bicyclic) bond motifs is 1. The van der Waals surface area contributed by atoms with Crippen molar-refractivity contribution in [1.82, 2.24) is 39.6 Å². The Morgan fingerprint density at radius 3 is 2.64 bits per heavy atom. The van der Waals surface area contributed by atoms with Crippen LogP contribution in [0.2, 0.25) is 0 Å². The summed E-state index contributed by atoms with van der Waals surface area (Å²) in [6.07, 6.45) is 2.16. The maximum atomic E-state index is 14.0. The molecular weight excluding hydrogens is 617 g/mol. The number of nitrogen functional groups attached to an aromatic ring is 1. The molecule has 3 N–H and O–H groups in total. The highest BCUT2D eigenvalue weighted by Crippen LogP contribution is 2.37. The number of aromatic nitrogens is 4. The Hall–Kier alpha value is -4.28. The number of carbonyl (C=O) groups excluding carboxylic acids is 2. The van der Waals surface area contributed by atoms with Gasteiger partial charge in [-0.2, -0.15) is 13.2 Å². The molecular formula is C31H41F3N10O3. The van der Waals surface area contributed by atoms with Gasteiger partial charge in [0.2, 0.25) is 11.8 Å². The largest absolute Gasteiger partial charge is 0.417 e. The standard InChI is InChI=1S/C31H41F3N10O3/c1-21-20-47-13-12-43(21)30-25-14-22(19-44(25)39-29(38-30)23-16-36-26(35)15-24(23)31(32,33)34)18-41-8-10-42(11-9-41)28(46)17-37-27(45)6-4-5-7-40(2)3/h4,6,14-16,19,21H,5,7-13,17-18,20H2,1-3H3,(H2,35,36)(H,37,45)/b6-4+/t21-/m0/s1. The van der Waals surface area contributed by atoms with Gasteiger partial charge >= 0.3 is 6.18 Å². The van der Waals surface area contributed by atoms with Crippen LogP contribution in [0.25, 0.3) is 16.9 Å². The molecule has 3 aromatic rings. The summed E-state index contributed by atoms with van der Waals surface area (Å²) in [7, 11) is 3.92. The van der Waals surface area contributed by atoms with Gasteiger partial charge in [-0.25, -0.2) is 14.5 Å². The Morgan fingerprint density at radius 1 is 1.17 bits per heavy atom. The van der Waals surface area contributed by atoms with Crippen molar-refractivity contribution in [3.8, 4) is 11.4 Å². The number of amides is 2. The molecule has 0 bridgehead atoms. The van der Waals surface area contributed by atoms with Crippen LogP contribution in [0.5, 0.6) is 0 Å². The number of morpholine rings is 1. The third-order valence-corrected chi connectivity index (χ3v) is 8.17. The number of alkyl halides is 3. The van der Waals surface area contributed by atoms with E-state index in [4.69, 9.17) is 10.5 Å². The summed E-state index contributed by atoms with van der Waals surface area (Å²) in [5, 5.41) is 7.15. The van der Waals surface area contributed by atoms with Crippen LogP contribution < -0.4 is 16.0 Å². The average Bonchev–Trinajstić information content (AvgIpc) is 3.44. The summed E-state index contributed by atoms with van der Waals surface area (Å²) >= 11 is 0. The first-order valence-electron chi connectivity index (χ1n) is 15.5. The van der Waals surface area contributed by atoms with Crippen molar-refractivity contribution in [3.63, 3.8) is 0 Å². The van der Waals surface area contributed by atoms with Crippen molar-refractivity contribution in [2.24, 2.45) is 0 Å². The zero-order valence-corrected chi connectivity index (χ0v) is 26.8. The second-order valence-corrected chi connectivity index (χ2v) is 12.1. The number of nitrogens with one attached hydrogen (secondary N) is 1. The summed E-state index contributed by atoms with van der Waals surface area (Å²) in [6.45, 7) is 6.97. The second kappa shape index (κ2) is 14.6. The molecule has 2 saturated heterocycles. The molecule has 254 valence electrons. The van der Waals surface area contributed by atoms with E-state index in [0.29, 0.717) is 63.8 Å². The number of rotatable bonds is 10. The number of nitrogens with two attached hydrogens (primary N) is 1. The molecule has 2 aliphatic rings. The Labute approximate surface area is 271 Å². The number of carbonyl (C=O) groups is 2. The third-order valence-electron chi connectivity index (χ3n) is 8.17. The van der Waals surface area contributed by atoms with Crippen molar-refractivity contribution in [2.75, 3.05) is 83.8 Å². The molecule has 0 unspecified atom stereocenters. The predicted molar refractivity (Wildman–Crippen MR) is 170 cm³/mol. The highest BCUT2D eigenvalue weighted by molar-refractivity contribution is 5.91. The number of halogens is 3. The van der Waals surface area contributed by atoms with Gasteiger partial charge < -0.3 is 30.5 Å². The van der Waals surface area contributed by atoms with Gasteiger partial charge in [0.05, 0.1) is 36.9 Å². The minimum Gasteiger partial charge on any atom is -0.384 e. The van der Waals surface area contributed by atoms with Crippen LogP contribution in [-0.4, -0.2) is 125 Å². The number of nitrogens with zero attached hydrogens (tertiary/aromatic N) is 8. The zero-order chi connectivity index (χ0) is 33.7. The summed E-state index contributed by atoms with van der Waals surface area (Å²) in [5.74, 6) is -0.293. The molecule has 0 aromatic carbocycles. The number of anilines is 2. The molecule has 16 heteroatoms. The van der Waals surface area contributed by atoms with Gasteiger partial charge in [0, 0.05) is 58.2 Å². The van der Waals surface area contributed by atoms with Gasteiger partial charge in [-0.15, -0.1) is 5.10 Å². The summed E-state index contributed by atoms with van der Waals surface area (Å²) < 4.78 is 49.2.